The second-order valence-corrected chi connectivity index (χ2v) is 7.12. The Bertz CT molecular complexity index is 1060. The molecule has 3 rings (SSSR count). The maximum Gasteiger partial charge on any atom is 0.258 e. The van der Waals surface area contributed by atoms with Crippen LogP contribution in [0.5, 0.6) is 0 Å². The van der Waals surface area contributed by atoms with Crippen molar-refractivity contribution in [3.63, 3.8) is 0 Å². The molecule has 0 fully saturated rings. The molecule has 0 saturated carbocycles. The van der Waals surface area contributed by atoms with Gasteiger partial charge in [-0.3, -0.25) is 4.79 Å². The van der Waals surface area contributed by atoms with E-state index < -0.39 is 11.0 Å². The van der Waals surface area contributed by atoms with Crippen molar-refractivity contribution >= 4 is 39.2 Å². The largest absolute Gasteiger partial charge is 0.310 e. The molecule has 25 heavy (non-hydrogen) atoms. The molecule has 0 radical (unpaired) electrons. The number of halogens is 1. The van der Waals surface area contributed by atoms with Gasteiger partial charge in [-0.15, -0.1) is 0 Å². The van der Waals surface area contributed by atoms with Crippen LogP contribution in [0.25, 0.3) is 10.9 Å². The number of aromatic amines is 1. The minimum Gasteiger partial charge on any atom is -0.310 e. The molecule has 3 aromatic rings. The van der Waals surface area contributed by atoms with Crippen LogP contribution in [0.4, 0.5) is 0 Å². The first-order valence-corrected chi connectivity index (χ1v) is 9.48. The highest BCUT2D eigenvalue weighted by Crippen LogP contribution is 2.15. The molecule has 1 unspecified atom stereocenters. The molecule has 0 bridgehead atoms. The lowest BCUT2D eigenvalue weighted by Gasteiger charge is -2.06. The predicted molar refractivity (Wildman–Crippen MR) is 103 cm³/mol. The summed E-state index contributed by atoms with van der Waals surface area (Å²) < 4.78 is 15.3. The third kappa shape index (κ3) is 4.21. The smallest absolute Gasteiger partial charge is 0.258 e. The van der Waals surface area contributed by atoms with E-state index in [1.165, 1.54) is 6.26 Å². The minimum absolute atomic E-state index is 0.192. The van der Waals surface area contributed by atoms with E-state index in [1.54, 1.807) is 31.2 Å². The first-order valence-electron chi connectivity index (χ1n) is 7.59. The third-order valence-electron chi connectivity index (χ3n) is 3.70. The Kier molecular flexibility index (Phi) is 5.11. The highest BCUT2D eigenvalue weighted by molar-refractivity contribution is 7.83. The molecule has 0 spiro atoms. The number of nitrogens with one attached hydrogen (secondary N) is 1. The Morgan fingerprint density at radius 1 is 1.28 bits per heavy atom. The maximum atomic E-state index is 12.3. The second-order valence-electron chi connectivity index (χ2n) is 5.65. The highest BCUT2D eigenvalue weighted by atomic mass is 35.5. The van der Waals surface area contributed by atoms with E-state index in [1.807, 2.05) is 18.2 Å². The molecule has 2 aromatic carbocycles. The van der Waals surface area contributed by atoms with Crippen LogP contribution >= 0.6 is 11.6 Å². The molecule has 1 atom stereocenters. The van der Waals surface area contributed by atoms with Crippen molar-refractivity contribution < 1.29 is 4.21 Å². The topological polar surface area (TPSA) is 75.2 Å². The Hall–Kier alpha value is -2.31. The van der Waals surface area contributed by atoms with Gasteiger partial charge in [0.1, 0.15) is 16.8 Å². The molecule has 0 aliphatic rings. The molecule has 1 N–H and O–H groups in total. The summed E-state index contributed by atoms with van der Waals surface area (Å²) in [6, 6.07) is 12.7. The van der Waals surface area contributed by atoms with Crippen molar-refractivity contribution in [1.29, 1.82) is 0 Å². The lowest BCUT2D eigenvalue weighted by Crippen LogP contribution is -2.13. The van der Waals surface area contributed by atoms with Crippen LogP contribution in [-0.2, 0) is 17.4 Å². The molecule has 0 amide bonds. The number of hydrogen-bond acceptors (Lipinski definition) is 3. The van der Waals surface area contributed by atoms with Crippen LogP contribution in [0.1, 0.15) is 23.9 Å². The van der Waals surface area contributed by atoms with E-state index in [2.05, 4.69) is 14.4 Å². The number of benzene rings is 2. The van der Waals surface area contributed by atoms with Crippen LogP contribution in [-0.4, -0.2) is 26.1 Å². The van der Waals surface area contributed by atoms with E-state index in [9.17, 15) is 9.00 Å². The molecule has 1 aromatic heterocycles. The summed E-state index contributed by atoms with van der Waals surface area (Å²) >= 11 is 6.00. The maximum absolute atomic E-state index is 12.3. The van der Waals surface area contributed by atoms with Gasteiger partial charge in [0.2, 0.25) is 0 Å². The Labute approximate surface area is 152 Å². The quantitative estimate of drug-likeness (QED) is 0.713. The van der Waals surface area contributed by atoms with Gasteiger partial charge in [0.15, 0.2) is 0 Å². The number of hydrogen-bond donors (Lipinski definition) is 1. The number of nitrogens with zero attached hydrogens (tertiary/aromatic N) is 2. The number of rotatable bonds is 4. The summed E-state index contributed by atoms with van der Waals surface area (Å²) in [5, 5.41) is 1.14. The molecule has 5 nitrogen and oxygen atoms in total. The zero-order chi connectivity index (χ0) is 18.0. The van der Waals surface area contributed by atoms with E-state index in [4.69, 9.17) is 11.6 Å². The summed E-state index contributed by atoms with van der Waals surface area (Å²) in [4.78, 5) is 19.7. The Balaban J connectivity index is 2.04. The molecular weight excluding hydrogens is 358 g/mol. The molecule has 7 heteroatoms. The molecule has 1 heterocycles. The normalized spacial score (nSPS) is 13.2. The van der Waals surface area contributed by atoms with Crippen LogP contribution in [0.3, 0.4) is 0 Å². The van der Waals surface area contributed by atoms with E-state index >= 15 is 0 Å². The molecule has 0 saturated heterocycles. The van der Waals surface area contributed by atoms with Crippen molar-refractivity contribution in [2.24, 2.45) is 4.40 Å². The third-order valence-corrected chi connectivity index (χ3v) is 4.47. The fourth-order valence-electron chi connectivity index (χ4n) is 2.58. The average molecular weight is 374 g/mol. The van der Waals surface area contributed by atoms with E-state index in [0.29, 0.717) is 33.9 Å². The standard InChI is InChI=1S/C18H16ClN3O2S/c1-11(22-25(2)24)13-6-7-15-16(10-13)20-17(21-18(15)23)9-12-4-3-5-14(19)8-12/h3-8,10H,9H2,1-2H3,(H,20,21,23). The zero-order valence-corrected chi connectivity index (χ0v) is 15.3. The first-order chi connectivity index (χ1) is 11.9. The van der Waals surface area contributed by atoms with Crippen molar-refractivity contribution in [3.05, 3.63) is 74.8 Å². The van der Waals surface area contributed by atoms with Crippen LogP contribution < -0.4 is 5.56 Å². The van der Waals surface area contributed by atoms with Gasteiger partial charge >= 0.3 is 0 Å². The monoisotopic (exact) mass is 373 g/mol. The van der Waals surface area contributed by atoms with Gasteiger partial charge in [0.25, 0.3) is 5.56 Å². The Morgan fingerprint density at radius 3 is 2.80 bits per heavy atom. The second kappa shape index (κ2) is 7.29. The van der Waals surface area contributed by atoms with Gasteiger partial charge in [0, 0.05) is 17.7 Å². The van der Waals surface area contributed by atoms with Crippen molar-refractivity contribution in [2.45, 2.75) is 13.3 Å². The average Bonchev–Trinajstić information content (AvgIpc) is 2.53. The summed E-state index contributed by atoms with van der Waals surface area (Å²) in [5.74, 6) is 0.561. The molecule has 128 valence electrons. The minimum atomic E-state index is -1.28. The predicted octanol–water partition coefficient (Wildman–Crippen LogP) is 3.27. The molecule has 0 aliphatic carbocycles. The van der Waals surface area contributed by atoms with Crippen LogP contribution in [0, 0.1) is 0 Å². The van der Waals surface area contributed by atoms with E-state index in [0.717, 1.165) is 11.1 Å². The summed E-state index contributed by atoms with van der Waals surface area (Å²) in [6.45, 7) is 1.78. The van der Waals surface area contributed by atoms with Crippen LogP contribution in [0.2, 0.25) is 5.02 Å². The number of H-pyrrole nitrogens is 1. The van der Waals surface area contributed by atoms with Gasteiger partial charge in [-0.2, -0.15) is 4.40 Å². The zero-order valence-electron chi connectivity index (χ0n) is 13.7. The van der Waals surface area contributed by atoms with Crippen molar-refractivity contribution in [3.8, 4) is 0 Å². The number of fused-ring (bicyclic) bond motifs is 1. The lowest BCUT2D eigenvalue weighted by molar-refractivity contribution is 0.688. The van der Waals surface area contributed by atoms with Gasteiger partial charge < -0.3 is 4.98 Å². The lowest BCUT2D eigenvalue weighted by atomic mass is 10.1. The van der Waals surface area contributed by atoms with Gasteiger partial charge in [-0.1, -0.05) is 29.8 Å². The van der Waals surface area contributed by atoms with Crippen molar-refractivity contribution in [2.75, 3.05) is 6.26 Å². The van der Waals surface area contributed by atoms with Gasteiger partial charge in [-0.25, -0.2) is 9.19 Å². The number of aromatic nitrogens is 2. The summed E-state index contributed by atoms with van der Waals surface area (Å²) in [5.41, 5.74) is 2.78. The first kappa shape index (κ1) is 17.5. The highest BCUT2D eigenvalue weighted by Gasteiger charge is 2.08. The van der Waals surface area contributed by atoms with E-state index in [-0.39, 0.29) is 5.56 Å². The summed E-state index contributed by atoms with van der Waals surface area (Å²) in [6.07, 6.45) is 1.98. The SMILES string of the molecule is CC(=NS(C)=O)c1ccc2c(=O)[nH]c(Cc3cccc(Cl)c3)nc2c1. The summed E-state index contributed by atoms with van der Waals surface area (Å²) in [7, 11) is -1.28. The fraction of sp³-hybridized carbons (Fsp3) is 0.167. The Morgan fingerprint density at radius 2 is 2.08 bits per heavy atom. The van der Waals surface area contributed by atoms with Crippen LogP contribution in [0.15, 0.2) is 51.7 Å². The van der Waals surface area contributed by atoms with Crippen molar-refractivity contribution in [1.82, 2.24) is 9.97 Å². The molecular formula is C18H16ClN3O2S. The fourth-order valence-corrected chi connectivity index (χ4v) is 3.29. The molecule has 0 aliphatic heterocycles. The van der Waals surface area contributed by atoms with Gasteiger partial charge in [0.05, 0.1) is 16.6 Å². The van der Waals surface area contributed by atoms with Gasteiger partial charge in [-0.05, 0) is 42.3 Å².